The quantitative estimate of drug-likeness (QED) is 0.892. The summed E-state index contributed by atoms with van der Waals surface area (Å²) in [6.45, 7) is 2.55. The highest BCUT2D eigenvalue weighted by atomic mass is 35.5. The van der Waals surface area contributed by atoms with Crippen molar-refractivity contribution in [2.75, 3.05) is 17.2 Å². The Bertz CT molecular complexity index is 592. The molecule has 7 heteroatoms. The fourth-order valence-electron chi connectivity index (χ4n) is 1.41. The van der Waals surface area contributed by atoms with Gasteiger partial charge in [0.1, 0.15) is 0 Å². The van der Waals surface area contributed by atoms with E-state index in [-0.39, 0.29) is 5.82 Å². The molecule has 0 saturated heterocycles. The van der Waals surface area contributed by atoms with Crippen LogP contribution in [0.1, 0.15) is 6.92 Å². The molecule has 0 amide bonds. The van der Waals surface area contributed by atoms with Crippen LogP contribution in [0.25, 0.3) is 0 Å². The van der Waals surface area contributed by atoms with Crippen LogP contribution in [0, 0.1) is 5.82 Å². The van der Waals surface area contributed by atoms with Gasteiger partial charge in [0.05, 0.1) is 16.2 Å². The van der Waals surface area contributed by atoms with Crippen LogP contribution < -0.4 is 10.6 Å². The van der Waals surface area contributed by atoms with Gasteiger partial charge in [-0.3, -0.25) is 0 Å². The Morgan fingerprint density at radius 3 is 2.74 bits per heavy atom. The predicted octanol–water partition coefficient (Wildman–Crippen LogP) is 4.10. The van der Waals surface area contributed by atoms with Gasteiger partial charge >= 0.3 is 0 Å². The number of anilines is 3. The third-order valence-corrected chi connectivity index (χ3v) is 3.00. The Morgan fingerprint density at radius 2 is 2.05 bits per heavy atom. The first kappa shape index (κ1) is 13.8. The number of nitrogens with one attached hydrogen (secondary N) is 2. The second-order valence-corrected chi connectivity index (χ2v) is 4.49. The van der Waals surface area contributed by atoms with Crippen LogP contribution in [-0.4, -0.2) is 16.5 Å². The maximum Gasteiger partial charge on any atom is 0.224 e. The molecule has 2 aromatic rings. The first-order valence-electron chi connectivity index (χ1n) is 5.58. The first-order chi connectivity index (χ1) is 9.10. The Morgan fingerprint density at radius 1 is 1.26 bits per heavy atom. The average Bonchev–Trinajstić information content (AvgIpc) is 2.38. The highest BCUT2D eigenvalue weighted by Crippen LogP contribution is 2.27. The van der Waals surface area contributed by atoms with Gasteiger partial charge in [-0.2, -0.15) is 4.98 Å². The van der Waals surface area contributed by atoms with Gasteiger partial charge in [0.2, 0.25) is 5.95 Å². The molecule has 0 spiro atoms. The van der Waals surface area contributed by atoms with Crippen molar-refractivity contribution < 1.29 is 4.39 Å². The van der Waals surface area contributed by atoms with E-state index in [0.717, 1.165) is 6.20 Å². The average molecular weight is 301 g/mol. The molecule has 0 unspecified atom stereocenters. The molecule has 100 valence electrons. The Labute approximate surface area is 120 Å². The number of hydrogen-bond acceptors (Lipinski definition) is 4. The number of aromatic nitrogens is 2. The smallest absolute Gasteiger partial charge is 0.224 e. The summed E-state index contributed by atoms with van der Waals surface area (Å²) in [5.74, 6) is -0.122. The molecular formula is C12H11Cl2FN4. The number of benzene rings is 1. The molecule has 0 radical (unpaired) electrons. The van der Waals surface area contributed by atoms with Crippen molar-refractivity contribution in [3.8, 4) is 0 Å². The minimum Gasteiger partial charge on any atom is -0.354 e. The van der Waals surface area contributed by atoms with Crippen molar-refractivity contribution in [2.24, 2.45) is 0 Å². The summed E-state index contributed by atoms with van der Waals surface area (Å²) in [6.07, 6.45) is 1.10. The van der Waals surface area contributed by atoms with Crippen LogP contribution in [0.5, 0.6) is 0 Å². The fraction of sp³-hybridized carbons (Fsp3) is 0.167. The van der Waals surface area contributed by atoms with Gasteiger partial charge in [-0.1, -0.05) is 23.2 Å². The van der Waals surface area contributed by atoms with Crippen LogP contribution in [0.4, 0.5) is 21.8 Å². The minimum atomic E-state index is -0.548. The second kappa shape index (κ2) is 6.04. The predicted molar refractivity (Wildman–Crippen MR) is 75.9 cm³/mol. The Balaban J connectivity index is 2.26. The molecule has 2 N–H and O–H groups in total. The molecular weight excluding hydrogens is 290 g/mol. The standard InChI is InChI=1S/C12H11Cl2FN4/c1-2-16-12-17-6-10(15)11(19-12)18-7-3-4-8(13)9(14)5-7/h3-6H,2H2,1H3,(H2,16,17,18,19). The zero-order valence-corrected chi connectivity index (χ0v) is 11.6. The van der Waals surface area contributed by atoms with E-state index in [4.69, 9.17) is 23.2 Å². The highest BCUT2D eigenvalue weighted by molar-refractivity contribution is 6.42. The molecule has 0 aliphatic carbocycles. The van der Waals surface area contributed by atoms with E-state index in [1.54, 1.807) is 18.2 Å². The van der Waals surface area contributed by atoms with Crippen molar-refractivity contribution in [1.82, 2.24) is 9.97 Å². The van der Waals surface area contributed by atoms with Crippen molar-refractivity contribution in [1.29, 1.82) is 0 Å². The lowest BCUT2D eigenvalue weighted by atomic mass is 10.3. The summed E-state index contributed by atoms with van der Waals surface area (Å²) >= 11 is 11.7. The third kappa shape index (κ3) is 3.45. The molecule has 1 aromatic carbocycles. The van der Waals surface area contributed by atoms with Crippen molar-refractivity contribution >= 4 is 40.7 Å². The minimum absolute atomic E-state index is 0.0735. The third-order valence-electron chi connectivity index (χ3n) is 2.26. The monoisotopic (exact) mass is 300 g/mol. The lowest BCUT2D eigenvalue weighted by molar-refractivity contribution is 0.619. The number of hydrogen-bond donors (Lipinski definition) is 2. The maximum atomic E-state index is 13.6. The van der Waals surface area contributed by atoms with Crippen LogP contribution in [-0.2, 0) is 0 Å². The van der Waals surface area contributed by atoms with Crippen molar-refractivity contribution in [2.45, 2.75) is 6.92 Å². The van der Waals surface area contributed by atoms with E-state index in [1.165, 1.54) is 0 Å². The summed E-state index contributed by atoms with van der Waals surface area (Å²) in [5, 5.41) is 6.55. The number of halogens is 3. The van der Waals surface area contributed by atoms with E-state index < -0.39 is 5.82 Å². The molecule has 0 bridgehead atoms. The lowest BCUT2D eigenvalue weighted by Gasteiger charge is -2.09. The van der Waals surface area contributed by atoms with Crippen LogP contribution in [0.15, 0.2) is 24.4 Å². The van der Waals surface area contributed by atoms with Gasteiger partial charge in [-0.15, -0.1) is 0 Å². The van der Waals surface area contributed by atoms with Crippen LogP contribution >= 0.6 is 23.2 Å². The first-order valence-corrected chi connectivity index (χ1v) is 6.34. The van der Waals surface area contributed by atoms with Gasteiger partial charge < -0.3 is 10.6 Å². The molecule has 2 rings (SSSR count). The zero-order chi connectivity index (χ0) is 13.8. The summed E-state index contributed by atoms with van der Waals surface area (Å²) in [4.78, 5) is 7.84. The SMILES string of the molecule is CCNc1ncc(F)c(Nc2ccc(Cl)c(Cl)c2)n1. The summed E-state index contributed by atoms with van der Waals surface area (Å²) in [7, 11) is 0. The fourth-order valence-corrected chi connectivity index (χ4v) is 1.71. The second-order valence-electron chi connectivity index (χ2n) is 3.67. The normalized spacial score (nSPS) is 10.3. The molecule has 0 aliphatic rings. The van der Waals surface area contributed by atoms with Gasteiger partial charge in [-0.25, -0.2) is 9.37 Å². The molecule has 19 heavy (non-hydrogen) atoms. The largest absolute Gasteiger partial charge is 0.354 e. The van der Waals surface area contributed by atoms with E-state index in [1.807, 2.05) is 6.92 Å². The van der Waals surface area contributed by atoms with Crippen LogP contribution in [0.3, 0.4) is 0 Å². The topological polar surface area (TPSA) is 49.8 Å². The Kier molecular flexibility index (Phi) is 4.39. The summed E-state index contributed by atoms with van der Waals surface area (Å²) in [6, 6.07) is 4.90. The molecule has 0 fully saturated rings. The van der Waals surface area contributed by atoms with E-state index >= 15 is 0 Å². The molecule has 4 nitrogen and oxygen atoms in total. The molecule has 0 aliphatic heterocycles. The van der Waals surface area contributed by atoms with Gasteiger partial charge in [0.15, 0.2) is 11.6 Å². The van der Waals surface area contributed by atoms with Crippen molar-refractivity contribution in [3.05, 3.63) is 40.3 Å². The Hall–Kier alpha value is -1.59. The van der Waals surface area contributed by atoms with Gasteiger partial charge in [0, 0.05) is 12.2 Å². The van der Waals surface area contributed by atoms with E-state index in [2.05, 4.69) is 20.6 Å². The maximum absolute atomic E-state index is 13.6. The van der Waals surface area contributed by atoms with E-state index in [9.17, 15) is 4.39 Å². The van der Waals surface area contributed by atoms with E-state index in [0.29, 0.717) is 28.2 Å². The summed E-state index contributed by atoms with van der Waals surface area (Å²) in [5.41, 5.74) is 0.592. The number of nitrogens with zero attached hydrogens (tertiary/aromatic N) is 2. The van der Waals surface area contributed by atoms with Gasteiger partial charge in [-0.05, 0) is 25.1 Å². The molecule has 1 heterocycles. The zero-order valence-electron chi connectivity index (χ0n) is 10.0. The van der Waals surface area contributed by atoms with Crippen molar-refractivity contribution in [3.63, 3.8) is 0 Å². The van der Waals surface area contributed by atoms with Gasteiger partial charge in [0.25, 0.3) is 0 Å². The van der Waals surface area contributed by atoms with Crippen LogP contribution in [0.2, 0.25) is 10.0 Å². The molecule has 0 saturated carbocycles. The lowest BCUT2D eigenvalue weighted by Crippen LogP contribution is -2.05. The summed E-state index contributed by atoms with van der Waals surface area (Å²) < 4.78 is 13.6. The number of rotatable bonds is 4. The molecule has 0 atom stereocenters. The highest BCUT2D eigenvalue weighted by Gasteiger charge is 2.08. The molecule has 1 aromatic heterocycles.